The van der Waals surface area contributed by atoms with E-state index in [9.17, 15) is 9.59 Å². The molecule has 0 atom stereocenters. The van der Waals surface area contributed by atoms with Gasteiger partial charge in [0.25, 0.3) is 5.91 Å². The lowest BCUT2D eigenvalue weighted by Crippen LogP contribution is -2.17. The van der Waals surface area contributed by atoms with E-state index in [-0.39, 0.29) is 5.91 Å². The first-order valence-electron chi connectivity index (χ1n) is 10.8. The number of carboxylic acid groups (broad SMARTS) is 1. The highest BCUT2D eigenvalue weighted by Crippen LogP contribution is 2.34. The van der Waals surface area contributed by atoms with Gasteiger partial charge in [-0.1, -0.05) is 30.3 Å². The molecule has 0 aliphatic rings. The minimum absolute atomic E-state index is 0.343. The average Bonchev–Trinajstić information content (AvgIpc) is 3.25. The molecule has 1 aromatic heterocycles. The van der Waals surface area contributed by atoms with Gasteiger partial charge >= 0.3 is 5.97 Å². The molecule has 3 aromatic carbocycles. The van der Waals surface area contributed by atoms with Gasteiger partial charge in [0.15, 0.2) is 6.61 Å². The molecule has 0 unspecified atom stereocenters. The maximum absolute atomic E-state index is 12.6. The van der Waals surface area contributed by atoms with Crippen LogP contribution in [0.5, 0.6) is 5.75 Å². The summed E-state index contributed by atoms with van der Waals surface area (Å²) >= 11 is 6.71. The number of hydrazone groups is 1. The normalized spacial score (nSPS) is 11.0. The molecule has 0 aliphatic heterocycles. The standard InChI is InChI=1S/C27H21Br2N3O4/c1-17-7-12-24(19-5-3-2-4-6-19)32(17)21-10-8-20(9-11-21)27(35)31-30-15-18-13-22(28)26(23(29)14-18)36-16-25(33)34/h2-15H,16H2,1H3,(H,31,35)(H,33,34)/b30-15+. The first-order valence-corrected chi connectivity index (χ1v) is 12.4. The highest BCUT2D eigenvalue weighted by molar-refractivity contribution is 9.11. The maximum atomic E-state index is 12.6. The summed E-state index contributed by atoms with van der Waals surface area (Å²) in [7, 11) is 0. The van der Waals surface area contributed by atoms with Gasteiger partial charge in [-0.25, -0.2) is 10.2 Å². The van der Waals surface area contributed by atoms with Crippen LogP contribution >= 0.6 is 31.9 Å². The Balaban J connectivity index is 1.45. The topological polar surface area (TPSA) is 92.9 Å². The van der Waals surface area contributed by atoms with Crippen molar-refractivity contribution in [3.05, 3.63) is 105 Å². The molecule has 0 saturated heterocycles. The lowest BCUT2D eigenvalue weighted by molar-refractivity contribution is -0.139. The number of carbonyl (C=O) groups is 2. The van der Waals surface area contributed by atoms with E-state index < -0.39 is 12.6 Å². The van der Waals surface area contributed by atoms with Crippen molar-refractivity contribution in [2.75, 3.05) is 6.61 Å². The summed E-state index contributed by atoms with van der Waals surface area (Å²) in [4.78, 5) is 23.3. The Labute approximate surface area is 224 Å². The molecule has 0 radical (unpaired) electrons. The van der Waals surface area contributed by atoms with Gasteiger partial charge in [-0.05, 0) is 98.4 Å². The summed E-state index contributed by atoms with van der Waals surface area (Å²) in [5.74, 6) is -1.05. The van der Waals surface area contributed by atoms with Crippen LogP contribution in [-0.2, 0) is 4.79 Å². The second-order valence-corrected chi connectivity index (χ2v) is 9.51. The molecule has 4 aromatic rings. The number of nitrogens with one attached hydrogen (secondary N) is 1. The molecule has 1 amide bonds. The van der Waals surface area contributed by atoms with Crippen molar-refractivity contribution in [1.29, 1.82) is 0 Å². The fourth-order valence-electron chi connectivity index (χ4n) is 3.63. The van der Waals surface area contributed by atoms with Crippen molar-refractivity contribution < 1.29 is 19.4 Å². The molecule has 0 saturated carbocycles. The van der Waals surface area contributed by atoms with Gasteiger partial charge in [-0.15, -0.1) is 0 Å². The molecule has 1 heterocycles. The van der Waals surface area contributed by atoms with Crippen molar-refractivity contribution >= 4 is 50.0 Å². The van der Waals surface area contributed by atoms with E-state index in [0.29, 0.717) is 25.8 Å². The molecule has 0 fully saturated rings. The minimum Gasteiger partial charge on any atom is -0.480 e. The van der Waals surface area contributed by atoms with Crippen molar-refractivity contribution in [1.82, 2.24) is 9.99 Å². The maximum Gasteiger partial charge on any atom is 0.341 e. The molecule has 36 heavy (non-hydrogen) atoms. The van der Waals surface area contributed by atoms with E-state index >= 15 is 0 Å². The molecule has 0 bridgehead atoms. The van der Waals surface area contributed by atoms with Crippen LogP contribution in [0.25, 0.3) is 16.9 Å². The van der Waals surface area contributed by atoms with Crippen LogP contribution < -0.4 is 10.2 Å². The third kappa shape index (κ3) is 5.92. The summed E-state index contributed by atoms with van der Waals surface area (Å²) in [6.45, 7) is 1.58. The highest BCUT2D eigenvalue weighted by atomic mass is 79.9. The summed E-state index contributed by atoms with van der Waals surface area (Å²) in [5, 5.41) is 12.8. The average molecular weight is 611 g/mol. The quantitative estimate of drug-likeness (QED) is 0.183. The number of carbonyl (C=O) groups excluding carboxylic acids is 1. The highest BCUT2D eigenvalue weighted by Gasteiger charge is 2.12. The molecule has 4 rings (SSSR count). The predicted molar refractivity (Wildman–Crippen MR) is 146 cm³/mol. The van der Waals surface area contributed by atoms with Crippen molar-refractivity contribution in [3.63, 3.8) is 0 Å². The van der Waals surface area contributed by atoms with Crippen molar-refractivity contribution in [3.8, 4) is 22.7 Å². The zero-order valence-corrected chi connectivity index (χ0v) is 22.3. The van der Waals surface area contributed by atoms with Crippen molar-refractivity contribution in [2.45, 2.75) is 6.92 Å². The Morgan fingerprint density at radius 2 is 1.67 bits per heavy atom. The van der Waals surface area contributed by atoms with E-state index in [1.54, 1.807) is 24.3 Å². The zero-order valence-electron chi connectivity index (χ0n) is 19.1. The smallest absolute Gasteiger partial charge is 0.341 e. The number of amides is 1. The fourth-order valence-corrected chi connectivity index (χ4v) is 5.08. The Hall–Kier alpha value is -3.69. The van der Waals surface area contributed by atoms with Gasteiger partial charge in [-0.3, -0.25) is 4.79 Å². The van der Waals surface area contributed by atoms with Crippen LogP contribution in [0.4, 0.5) is 0 Å². The van der Waals surface area contributed by atoms with Crippen LogP contribution in [0, 0.1) is 6.92 Å². The number of halogens is 2. The summed E-state index contributed by atoms with van der Waals surface area (Å²) in [6.07, 6.45) is 1.48. The second-order valence-electron chi connectivity index (χ2n) is 7.80. The number of aromatic nitrogens is 1. The largest absolute Gasteiger partial charge is 0.480 e. The third-order valence-electron chi connectivity index (χ3n) is 5.27. The molecule has 7 nitrogen and oxygen atoms in total. The summed E-state index contributed by atoms with van der Waals surface area (Å²) in [5.41, 5.74) is 7.91. The zero-order chi connectivity index (χ0) is 25.7. The number of nitrogens with zero attached hydrogens (tertiary/aromatic N) is 2. The number of aryl methyl sites for hydroxylation is 1. The number of aliphatic carboxylic acids is 1. The van der Waals surface area contributed by atoms with E-state index in [0.717, 1.165) is 22.6 Å². The van der Waals surface area contributed by atoms with Crippen LogP contribution in [-0.4, -0.2) is 34.4 Å². The molecule has 9 heteroatoms. The fraction of sp³-hybridized carbons (Fsp3) is 0.0741. The van der Waals surface area contributed by atoms with Gasteiger partial charge < -0.3 is 14.4 Å². The number of ether oxygens (including phenoxy) is 1. The predicted octanol–water partition coefficient (Wildman–Crippen LogP) is 6.21. The lowest BCUT2D eigenvalue weighted by Gasteiger charge is -2.12. The van der Waals surface area contributed by atoms with Crippen LogP contribution in [0.2, 0.25) is 0 Å². The number of hydrogen-bond acceptors (Lipinski definition) is 4. The monoisotopic (exact) mass is 609 g/mol. The molecular weight excluding hydrogens is 590 g/mol. The van der Waals surface area contributed by atoms with Gasteiger partial charge in [-0.2, -0.15) is 5.10 Å². The van der Waals surface area contributed by atoms with Crippen molar-refractivity contribution in [2.24, 2.45) is 5.10 Å². The molecule has 182 valence electrons. The first-order chi connectivity index (χ1) is 17.3. The van der Waals surface area contributed by atoms with Crippen LogP contribution in [0.15, 0.2) is 92.9 Å². The number of hydrogen-bond donors (Lipinski definition) is 2. The Morgan fingerprint density at radius 3 is 2.31 bits per heavy atom. The second kappa shape index (κ2) is 11.4. The Morgan fingerprint density at radius 1 is 1.00 bits per heavy atom. The number of carboxylic acids is 1. The molecule has 2 N–H and O–H groups in total. The lowest BCUT2D eigenvalue weighted by atomic mass is 10.1. The SMILES string of the molecule is Cc1ccc(-c2ccccc2)n1-c1ccc(C(=O)N/N=C/c2cc(Br)c(OCC(=O)O)c(Br)c2)cc1. The van der Waals surface area contributed by atoms with E-state index in [4.69, 9.17) is 9.84 Å². The summed E-state index contributed by atoms with van der Waals surface area (Å²) in [6, 6.07) is 25.0. The molecular formula is C27H21Br2N3O4. The number of benzene rings is 3. The van der Waals surface area contributed by atoms with Crippen LogP contribution in [0.3, 0.4) is 0 Å². The van der Waals surface area contributed by atoms with Gasteiger partial charge in [0.2, 0.25) is 0 Å². The number of rotatable bonds is 8. The summed E-state index contributed by atoms with van der Waals surface area (Å²) < 4.78 is 8.50. The van der Waals surface area contributed by atoms with E-state index in [1.165, 1.54) is 6.21 Å². The van der Waals surface area contributed by atoms with Gasteiger partial charge in [0.1, 0.15) is 5.75 Å². The third-order valence-corrected chi connectivity index (χ3v) is 6.45. The van der Waals surface area contributed by atoms with Gasteiger partial charge in [0, 0.05) is 16.9 Å². The molecule has 0 aliphatic carbocycles. The molecule has 0 spiro atoms. The minimum atomic E-state index is -1.07. The Kier molecular flexibility index (Phi) is 8.02. The van der Waals surface area contributed by atoms with Crippen LogP contribution in [0.1, 0.15) is 21.6 Å². The first kappa shape index (κ1) is 25.4. The van der Waals surface area contributed by atoms with E-state index in [2.05, 4.69) is 71.2 Å². The van der Waals surface area contributed by atoms with Gasteiger partial charge in [0.05, 0.1) is 20.9 Å². The van der Waals surface area contributed by atoms with E-state index in [1.807, 2.05) is 37.3 Å². The Bertz CT molecular complexity index is 1410.